The van der Waals surface area contributed by atoms with Crippen molar-refractivity contribution in [3.8, 4) is 11.1 Å². The highest BCUT2D eigenvalue weighted by molar-refractivity contribution is 7.21. The zero-order chi connectivity index (χ0) is 28.4. The molecule has 0 saturated heterocycles. The standard InChI is InChI=1S/C33H34ClFN2O2S/c1-4-22-9-14-27(15-10-22)37(33(39)32-31(34)28-7-5-6-8-30(28)40-32)20-25-19-24(13-18-29(25)35)23-11-16-26(17-12-23)36(3)21(2)38/h5-8,11-13,16-19,22,27H,4,9-10,14-15,20H2,1-3H3. The predicted octanol–water partition coefficient (Wildman–Crippen LogP) is 8.95. The molecule has 5 rings (SSSR count). The van der Waals surface area contributed by atoms with E-state index in [1.165, 1.54) is 24.3 Å². The van der Waals surface area contributed by atoms with Crippen LogP contribution in [0.25, 0.3) is 21.2 Å². The molecule has 1 aliphatic carbocycles. The third kappa shape index (κ3) is 5.79. The monoisotopic (exact) mass is 576 g/mol. The van der Waals surface area contributed by atoms with Gasteiger partial charge >= 0.3 is 0 Å². The van der Waals surface area contributed by atoms with Gasteiger partial charge in [-0.1, -0.05) is 61.3 Å². The number of benzene rings is 3. The Bertz CT molecular complexity index is 1530. The van der Waals surface area contributed by atoms with E-state index in [0.29, 0.717) is 21.4 Å². The summed E-state index contributed by atoms with van der Waals surface area (Å²) in [5, 5.41) is 1.35. The highest BCUT2D eigenvalue weighted by Crippen LogP contribution is 2.38. The number of thiophene rings is 1. The normalized spacial score (nSPS) is 17.1. The molecule has 1 heterocycles. The van der Waals surface area contributed by atoms with Gasteiger partial charge < -0.3 is 9.80 Å². The second-order valence-electron chi connectivity index (χ2n) is 10.7. The molecule has 0 atom stereocenters. The summed E-state index contributed by atoms with van der Waals surface area (Å²) in [6.07, 6.45) is 5.07. The number of nitrogens with zero attached hydrogens (tertiary/aromatic N) is 2. The van der Waals surface area contributed by atoms with E-state index in [9.17, 15) is 9.59 Å². The summed E-state index contributed by atoms with van der Waals surface area (Å²) in [7, 11) is 1.73. The third-order valence-electron chi connectivity index (χ3n) is 8.27. The van der Waals surface area contributed by atoms with Gasteiger partial charge in [-0.05, 0) is 73.1 Å². The van der Waals surface area contributed by atoms with Crippen LogP contribution >= 0.6 is 22.9 Å². The van der Waals surface area contributed by atoms with Crippen molar-refractivity contribution in [2.24, 2.45) is 5.92 Å². The van der Waals surface area contributed by atoms with E-state index in [1.54, 1.807) is 18.0 Å². The Kier molecular flexibility index (Phi) is 8.57. The summed E-state index contributed by atoms with van der Waals surface area (Å²) in [4.78, 5) is 29.8. The van der Waals surface area contributed by atoms with Gasteiger partial charge in [0.05, 0.1) is 5.02 Å². The van der Waals surface area contributed by atoms with E-state index in [0.717, 1.165) is 59.0 Å². The fraction of sp³-hybridized carbons (Fsp3) is 0.333. The summed E-state index contributed by atoms with van der Waals surface area (Å²) < 4.78 is 16.3. The van der Waals surface area contributed by atoms with Crippen molar-refractivity contribution in [1.82, 2.24) is 4.90 Å². The number of amides is 2. The van der Waals surface area contributed by atoms with Crippen molar-refractivity contribution in [3.05, 3.63) is 88.0 Å². The Morgan fingerprint density at radius 1 is 0.975 bits per heavy atom. The van der Waals surface area contributed by atoms with Crippen LogP contribution in [0.4, 0.5) is 10.1 Å². The number of hydrogen-bond acceptors (Lipinski definition) is 3. The molecule has 1 aliphatic rings. The Morgan fingerprint density at radius 2 is 1.65 bits per heavy atom. The maximum Gasteiger partial charge on any atom is 0.266 e. The first-order chi connectivity index (χ1) is 19.3. The highest BCUT2D eigenvalue weighted by atomic mass is 35.5. The zero-order valence-corrected chi connectivity index (χ0v) is 24.7. The van der Waals surface area contributed by atoms with Crippen LogP contribution in [0, 0.1) is 11.7 Å². The van der Waals surface area contributed by atoms with Crippen molar-refractivity contribution >= 4 is 50.5 Å². The first kappa shape index (κ1) is 28.3. The van der Waals surface area contributed by atoms with Gasteiger partial charge in [-0.15, -0.1) is 11.3 Å². The second-order valence-corrected chi connectivity index (χ2v) is 12.1. The molecule has 2 amide bonds. The lowest BCUT2D eigenvalue weighted by Gasteiger charge is -2.37. The van der Waals surface area contributed by atoms with Crippen LogP contribution in [-0.4, -0.2) is 29.8 Å². The number of carbonyl (C=O) groups excluding carboxylic acids is 2. The molecule has 1 fully saturated rings. The van der Waals surface area contributed by atoms with Crippen LogP contribution in [-0.2, 0) is 11.3 Å². The summed E-state index contributed by atoms with van der Waals surface area (Å²) in [5.41, 5.74) is 3.04. The number of anilines is 1. The molecule has 4 aromatic rings. The van der Waals surface area contributed by atoms with Crippen molar-refractivity contribution < 1.29 is 14.0 Å². The minimum atomic E-state index is -0.334. The molecule has 1 saturated carbocycles. The summed E-state index contributed by atoms with van der Waals surface area (Å²) in [6.45, 7) is 3.92. The molecule has 0 aliphatic heterocycles. The van der Waals surface area contributed by atoms with E-state index < -0.39 is 0 Å². The Morgan fingerprint density at radius 3 is 2.30 bits per heavy atom. The minimum Gasteiger partial charge on any atom is -0.330 e. The van der Waals surface area contributed by atoms with Crippen molar-refractivity contribution in [2.75, 3.05) is 11.9 Å². The first-order valence-electron chi connectivity index (χ1n) is 13.9. The Hall–Kier alpha value is -3.22. The fourth-order valence-electron chi connectivity index (χ4n) is 5.63. The summed E-state index contributed by atoms with van der Waals surface area (Å²) in [5.74, 6) is 0.159. The number of fused-ring (bicyclic) bond motifs is 1. The molecule has 0 spiro atoms. The fourth-order valence-corrected chi connectivity index (χ4v) is 7.10. The van der Waals surface area contributed by atoms with Crippen LogP contribution < -0.4 is 4.90 Å². The topological polar surface area (TPSA) is 40.6 Å². The van der Waals surface area contributed by atoms with Crippen LogP contribution in [0.15, 0.2) is 66.7 Å². The lowest BCUT2D eigenvalue weighted by atomic mass is 9.83. The number of halogens is 2. The Balaban J connectivity index is 1.47. The minimum absolute atomic E-state index is 0.0287. The highest BCUT2D eigenvalue weighted by Gasteiger charge is 2.32. The largest absolute Gasteiger partial charge is 0.330 e. The first-order valence-corrected chi connectivity index (χ1v) is 15.1. The molecule has 0 N–H and O–H groups in total. The van der Waals surface area contributed by atoms with E-state index in [-0.39, 0.29) is 30.2 Å². The molecule has 4 nitrogen and oxygen atoms in total. The van der Waals surface area contributed by atoms with Gasteiger partial charge in [-0.3, -0.25) is 9.59 Å². The molecule has 3 aromatic carbocycles. The lowest BCUT2D eigenvalue weighted by Crippen LogP contribution is -2.42. The summed E-state index contributed by atoms with van der Waals surface area (Å²) in [6, 6.07) is 20.5. The van der Waals surface area contributed by atoms with Crippen LogP contribution in [0.3, 0.4) is 0 Å². The molecule has 0 unspecified atom stereocenters. The second kappa shape index (κ2) is 12.1. The smallest absolute Gasteiger partial charge is 0.266 e. The average molecular weight is 577 g/mol. The van der Waals surface area contributed by atoms with Crippen LogP contribution in [0.5, 0.6) is 0 Å². The average Bonchev–Trinajstić information content (AvgIpc) is 3.32. The van der Waals surface area contributed by atoms with Crippen molar-refractivity contribution in [3.63, 3.8) is 0 Å². The van der Waals surface area contributed by atoms with Gasteiger partial charge in [0.2, 0.25) is 5.91 Å². The van der Waals surface area contributed by atoms with Gasteiger partial charge in [0.25, 0.3) is 5.91 Å². The zero-order valence-electron chi connectivity index (χ0n) is 23.1. The van der Waals surface area contributed by atoms with Crippen LogP contribution in [0.2, 0.25) is 5.02 Å². The van der Waals surface area contributed by atoms with Gasteiger partial charge in [0, 0.05) is 47.9 Å². The molecular weight excluding hydrogens is 543 g/mol. The maximum atomic E-state index is 15.3. The van der Waals surface area contributed by atoms with Crippen LogP contribution in [0.1, 0.15) is 61.2 Å². The van der Waals surface area contributed by atoms with E-state index in [4.69, 9.17) is 11.6 Å². The summed E-state index contributed by atoms with van der Waals surface area (Å²) >= 11 is 8.14. The lowest BCUT2D eigenvalue weighted by molar-refractivity contribution is -0.116. The van der Waals surface area contributed by atoms with Gasteiger partial charge in [-0.25, -0.2) is 4.39 Å². The van der Waals surface area contributed by atoms with Crippen molar-refractivity contribution in [2.45, 2.75) is 58.5 Å². The molecule has 7 heteroatoms. The molecule has 0 radical (unpaired) electrons. The van der Waals surface area contributed by atoms with E-state index in [1.807, 2.05) is 59.5 Å². The third-order valence-corrected chi connectivity index (χ3v) is 9.93. The van der Waals surface area contributed by atoms with Gasteiger partial charge in [0.15, 0.2) is 0 Å². The molecule has 1 aromatic heterocycles. The van der Waals surface area contributed by atoms with Gasteiger partial charge in [0.1, 0.15) is 10.7 Å². The van der Waals surface area contributed by atoms with Crippen molar-refractivity contribution in [1.29, 1.82) is 0 Å². The maximum absolute atomic E-state index is 15.3. The predicted molar refractivity (Wildman–Crippen MR) is 164 cm³/mol. The quantitative estimate of drug-likeness (QED) is 0.220. The van der Waals surface area contributed by atoms with Gasteiger partial charge in [-0.2, -0.15) is 0 Å². The molecular formula is C33H34ClFN2O2S. The number of rotatable bonds is 7. The molecule has 0 bridgehead atoms. The Labute approximate surface area is 244 Å². The SMILES string of the molecule is CCC1CCC(N(Cc2cc(-c3ccc(N(C)C(C)=O)cc3)ccc2F)C(=O)c2sc3ccccc3c2Cl)CC1. The molecule has 208 valence electrons. The van der Waals surface area contributed by atoms with E-state index >= 15 is 4.39 Å². The van der Waals surface area contributed by atoms with E-state index in [2.05, 4.69) is 6.92 Å². The number of carbonyl (C=O) groups is 2. The number of hydrogen-bond donors (Lipinski definition) is 0. The molecule has 40 heavy (non-hydrogen) atoms.